The summed E-state index contributed by atoms with van der Waals surface area (Å²) in [5.74, 6) is -0.135. The number of cyclic esters (lactones) is 1. The highest BCUT2D eigenvalue weighted by molar-refractivity contribution is 6.19. The maximum atomic E-state index is 12.2. The second-order valence-corrected chi connectivity index (χ2v) is 5.26. The Labute approximate surface area is 133 Å². The van der Waals surface area contributed by atoms with Crippen molar-refractivity contribution in [2.75, 3.05) is 7.11 Å². The molecule has 0 saturated carbocycles. The van der Waals surface area contributed by atoms with Crippen molar-refractivity contribution in [3.05, 3.63) is 65.2 Å². The molecular weight excluding hydrogens is 296 g/mol. The first kappa shape index (κ1) is 15.1. The second-order valence-electron chi connectivity index (χ2n) is 5.26. The standard InChI is InChI=1S/C18H16O5/c1-22-18-15(10-11-2-6-13(19)7-3-11)16(17(21)23-18)12-4-8-14(20)9-5-12/h2-9,18-20H,10H2,1H3/t18-/m1/s1. The van der Waals surface area contributed by atoms with E-state index in [1.165, 1.54) is 19.2 Å². The zero-order chi connectivity index (χ0) is 16.4. The molecule has 2 aromatic carbocycles. The lowest BCUT2D eigenvalue weighted by molar-refractivity contribution is -0.154. The van der Waals surface area contributed by atoms with Gasteiger partial charge < -0.3 is 19.7 Å². The van der Waals surface area contributed by atoms with Gasteiger partial charge in [0.1, 0.15) is 11.5 Å². The highest BCUT2D eigenvalue weighted by Crippen LogP contribution is 2.34. The quantitative estimate of drug-likeness (QED) is 0.849. The molecule has 0 aromatic heterocycles. The van der Waals surface area contributed by atoms with Gasteiger partial charge in [-0.15, -0.1) is 0 Å². The average molecular weight is 312 g/mol. The van der Waals surface area contributed by atoms with Gasteiger partial charge in [-0.1, -0.05) is 24.3 Å². The SMILES string of the molecule is CO[C@@H]1OC(=O)C(c2ccc(O)cc2)=C1Cc1ccc(O)cc1. The van der Waals surface area contributed by atoms with Gasteiger partial charge in [-0.25, -0.2) is 4.79 Å². The zero-order valence-corrected chi connectivity index (χ0v) is 12.5. The van der Waals surface area contributed by atoms with Gasteiger partial charge in [0, 0.05) is 19.1 Å². The van der Waals surface area contributed by atoms with E-state index in [1.807, 2.05) is 0 Å². The van der Waals surface area contributed by atoms with Crippen LogP contribution in [-0.2, 0) is 20.7 Å². The zero-order valence-electron chi connectivity index (χ0n) is 12.5. The second kappa shape index (κ2) is 6.14. The predicted molar refractivity (Wildman–Crippen MR) is 83.7 cm³/mol. The molecule has 2 N–H and O–H groups in total. The number of aromatic hydroxyl groups is 2. The summed E-state index contributed by atoms with van der Waals surface area (Å²) in [5.41, 5.74) is 2.76. The minimum Gasteiger partial charge on any atom is -0.508 e. The lowest BCUT2D eigenvalue weighted by Gasteiger charge is -2.12. The highest BCUT2D eigenvalue weighted by atomic mass is 16.7. The smallest absolute Gasteiger partial charge is 0.341 e. The van der Waals surface area contributed by atoms with Gasteiger partial charge in [-0.3, -0.25) is 0 Å². The summed E-state index contributed by atoms with van der Waals surface area (Å²) in [6.07, 6.45) is -0.277. The lowest BCUT2D eigenvalue weighted by atomic mass is 9.96. The van der Waals surface area contributed by atoms with E-state index >= 15 is 0 Å². The van der Waals surface area contributed by atoms with E-state index in [2.05, 4.69) is 0 Å². The van der Waals surface area contributed by atoms with Crippen molar-refractivity contribution >= 4 is 11.5 Å². The minimum absolute atomic E-state index is 0.129. The molecule has 1 aliphatic rings. The van der Waals surface area contributed by atoms with Crippen LogP contribution in [0.1, 0.15) is 11.1 Å². The van der Waals surface area contributed by atoms with Gasteiger partial charge in [0.2, 0.25) is 6.29 Å². The van der Waals surface area contributed by atoms with E-state index in [-0.39, 0.29) is 11.5 Å². The lowest BCUT2D eigenvalue weighted by Crippen LogP contribution is -2.15. The maximum Gasteiger partial charge on any atom is 0.341 e. The van der Waals surface area contributed by atoms with Gasteiger partial charge in [0.05, 0.1) is 5.57 Å². The highest BCUT2D eigenvalue weighted by Gasteiger charge is 2.34. The number of ether oxygens (including phenoxy) is 2. The monoisotopic (exact) mass is 312 g/mol. The fraction of sp³-hybridized carbons (Fsp3) is 0.167. The molecular formula is C18H16O5. The molecule has 0 spiro atoms. The van der Waals surface area contributed by atoms with E-state index in [9.17, 15) is 15.0 Å². The van der Waals surface area contributed by atoms with Crippen molar-refractivity contribution in [3.8, 4) is 11.5 Å². The predicted octanol–water partition coefficient (Wildman–Crippen LogP) is 2.62. The maximum absolute atomic E-state index is 12.2. The molecule has 5 heteroatoms. The van der Waals surface area contributed by atoms with Crippen LogP contribution < -0.4 is 0 Å². The third-order valence-electron chi connectivity index (χ3n) is 3.72. The number of methoxy groups -OCH3 is 1. The fourth-order valence-electron chi connectivity index (χ4n) is 2.60. The van der Waals surface area contributed by atoms with Crippen LogP contribution in [0.15, 0.2) is 54.1 Å². The van der Waals surface area contributed by atoms with Crippen molar-refractivity contribution in [1.82, 2.24) is 0 Å². The molecule has 23 heavy (non-hydrogen) atoms. The Balaban J connectivity index is 2.03. The molecule has 0 fully saturated rings. The molecule has 2 aromatic rings. The average Bonchev–Trinajstić information content (AvgIpc) is 2.86. The summed E-state index contributed by atoms with van der Waals surface area (Å²) in [6.45, 7) is 0. The first-order valence-electron chi connectivity index (χ1n) is 7.12. The number of phenolic OH excluding ortho intramolecular Hbond substituents is 2. The molecule has 1 aliphatic heterocycles. The molecule has 0 radical (unpaired) electrons. The van der Waals surface area contributed by atoms with Gasteiger partial charge in [0.15, 0.2) is 0 Å². The number of carbonyl (C=O) groups excluding carboxylic acids is 1. The van der Waals surface area contributed by atoms with Crippen LogP contribution in [0.25, 0.3) is 5.57 Å². The fourth-order valence-corrected chi connectivity index (χ4v) is 2.60. The molecule has 0 amide bonds. The largest absolute Gasteiger partial charge is 0.508 e. The van der Waals surface area contributed by atoms with Crippen molar-refractivity contribution in [3.63, 3.8) is 0 Å². The number of esters is 1. The third-order valence-corrected chi connectivity index (χ3v) is 3.72. The van der Waals surface area contributed by atoms with Crippen molar-refractivity contribution in [2.45, 2.75) is 12.7 Å². The van der Waals surface area contributed by atoms with E-state index in [0.29, 0.717) is 23.1 Å². The molecule has 0 bridgehead atoms. The normalized spacial score (nSPS) is 17.4. The van der Waals surface area contributed by atoms with Crippen LogP contribution in [-0.4, -0.2) is 29.6 Å². The first-order chi connectivity index (χ1) is 11.1. The van der Waals surface area contributed by atoms with Crippen LogP contribution in [0.2, 0.25) is 0 Å². The van der Waals surface area contributed by atoms with Gasteiger partial charge in [-0.05, 0) is 35.4 Å². The van der Waals surface area contributed by atoms with Crippen LogP contribution in [0.5, 0.6) is 11.5 Å². The summed E-state index contributed by atoms with van der Waals surface area (Å²) in [5, 5.41) is 18.8. The molecule has 0 unspecified atom stereocenters. The Hall–Kier alpha value is -2.79. The Morgan fingerprint density at radius 3 is 2.13 bits per heavy atom. The van der Waals surface area contributed by atoms with Crippen LogP contribution in [0.3, 0.4) is 0 Å². The van der Waals surface area contributed by atoms with Crippen LogP contribution in [0, 0.1) is 0 Å². The van der Waals surface area contributed by atoms with Crippen molar-refractivity contribution in [1.29, 1.82) is 0 Å². The third kappa shape index (κ3) is 3.05. The topological polar surface area (TPSA) is 76.0 Å². The van der Waals surface area contributed by atoms with Crippen LogP contribution >= 0.6 is 0 Å². The number of benzene rings is 2. The Bertz CT molecular complexity index is 744. The van der Waals surface area contributed by atoms with E-state index in [1.54, 1.807) is 36.4 Å². The first-order valence-corrected chi connectivity index (χ1v) is 7.12. The van der Waals surface area contributed by atoms with Gasteiger partial charge in [0.25, 0.3) is 0 Å². The minimum atomic E-state index is -0.736. The number of hydrogen-bond acceptors (Lipinski definition) is 5. The Kier molecular flexibility index (Phi) is 4.04. The van der Waals surface area contributed by atoms with E-state index in [4.69, 9.17) is 9.47 Å². The molecule has 0 saturated heterocycles. The molecule has 5 nitrogen and oxygen atoms in total. The Morgan fingerprint density at radius 1 is 1.00 bits per heavy atom. The van der Waals surface area contributed by atoms with E-state index < -0.39 is 12.3 Å². The number of hydrogen-bond donors (Lipinski definition) is 2. The van der Waals surface area contributed by atoms with E-state index in [0.717, 1.165) is 5.56 Å². The summed E-state index contributed by atoms with van der Waals surface area (Å²) in [4.78, 5) is 12.2. The number of carbonyl (C=O) groups is 1. The molecule has 1 heterocycles. The Morgan fingerprint density at radius 2 is 1.57 bits per heavy atom. The molecule has 0 aliphatic carbocycles. The van der Waals surface area contributed by atoms with Crippen molar-refractivity contribution < 1.29 is 24.5 Å². The number of phenols is 2. The number of rotatable bonds is 4. The summed E-state index contributed by atoms with van der Waals surface area (Å²) in [7, 11) is 1.48. The molecule has 1 atom stereocenters. The molecule has 3 rings (SSSR count). The summed E-state index contributed by atoms with van der Waals surface area (Å²) < 4.78 is 10.5. The molecule has 118 valence electrons. The van der Waals surface area contributed by atoms with Gasteiger partial charge >= 0.3 is 5.97 Å². The summed E-state index contributed by atoms with van der Waals surface area (Å²) in [6, 6.07) is 13.1. The van der Waals surface area contributed by atoms with Crippen LogP contribution in [0.4, 0.5) is 0 Å². The van der Waals surface area contributed by atoms with Crippen molar-refractivity contribution in [2.24, 2.45) is 0 Å². The van der Waals surface area contributed by atoms with Gasteiger partial charge in [-0.2, -0.15) is 0 Å². The summed E-state index contributed by atoms with van der Waals surface area (Å²) >= 11 is 0.